The number of hydrogen-bond donors (Lipinski definition) is 0. The van der Waals surface area contributed by atoms with E-state index in [2.05, 4.69) is 45.3 Å². The van der Waals surface area contributed by atoms with Crippen molar-refractivity contribution >= 4 is 8.32 Å². The lowest BCUT2D eigenvalue weighted by atomic mass is 10.1. The van der Waals surface area contributed by atoms with Gasteiger partial charge in [-0.3, -0.25) is 0 Å². The summed E-state index contributed by atoms with van der Waals surface area (Å²) in [5.41, 5.74) is 0. The summed E-state index contributed by atoms with van der Waals surface area (Å²) in [5, 5.41) is 0. The van der Waals surface area contributed by atoms with Crippen molar-refractivity contribution in [2.45, 2.75) is 26.1 Å². The SMILES string of the molecule is C[Si](C)(C)OCC[C]1[CH][CH][CH][CH]1. The molecule has 12 heavy (non-hydrogen) atoms. The maximum Gasteiger partial charge on any atom is 0.183 e. The van der Waals surface area contributed by atoms with Crippen LogP contribution in [-0.2, 0) is 4.43 Å². The first-order valence-corrected chi connectivity index (χ1v) is 7.83. The molecule has 5 radical (unpaired) electrons. The van der Waals surface area contributed by atoms with E-state index in [1.165, 1.54) is 5.92 Å². The average molecular weight is 181 g/mol. The third-order valence-electron chi connectivity index (χ3n) is 1.66. The molecule has 0 heterocycles. The van der Waals surface area contributed by atoms with Crippen molar-refractivity contribution in [1.82, 2.24) is 0 Å². The highest BCUT2D eigenvalue weighted by Crippen LogP contribution is 2.26. The molecule has 1 aliphatic carbocycles. The summed E-state index contributed by atoms with van der Waals surface area (Å²) in [7, 11) is -1.29. The van der Waals surface area contributed by atoms with Gasteiger partial charge in [0.15, 0.2) is 8.32 Å². The fraction of sp³-hybridized carbons (Fsp3) is 0.500. The van der Waals surface area contributed by atoms with Crippen LogP contribution in [0.15, 0.2) is 0 Å². The Labute approximate surface area is 77.6 Å². The van der Waals surface area contributed by atoms with Gasteiger partial charge in [0, 0.05) is 6.61 Å². The van der Waals surface area contributed by atoms with Gasteiger partial charge in [-0.2, -0.15) is 0 Å². The van der Waals surface area contributed by atoms with Gasteiger partial charge in [0.2, 0.25) is 0 Å². The van der Waals surface area contributed by atoms with Gasteiger partial charge in [-0.05, 0) is 57.7 Å². The molecule has 0 amide bonds. The fourth-order valence-corrected chi connectivity index (χ4v) is 1.77. The summed E-state index contributed by atoms with van der Waals surface area (Å²) in [6.07, 6.45) is 9.49. The second kappa shape index (κ2) is 4.42. The first-order valence-electron chi connectivity index (χ1n) is 4.42. The molecule has 0 saturated heterocycles. The molecule has 0 unspecified atom stereocenters. The minimum absolute atomic E-state index is 0.875. The number of rotatable bonds is 4. The van der Waals surface area contributed by atoms with Crippen LogP contribution in [0.3, 0.4) is 0 Å². The summed E-state index contributed by atoms with van der Waals surface area (Å²) < 4.78 is 5.74. The van der Waals surface area contributed by atoms with Crippen molar-refractivity contribution in [1.29, 1.82) is 0 Å². The summed E-state index contributed by atoms with van der Waals surface area (Å²) in [6.45, 7) is 7.54. The Morgan fingerprint density at radius 3 is 2.25 bits per heavy atom. The van der Waals surface area contributed by atoms with Crippen LogP contribution in [0.2, 0.25) is 19.6 Å². The quantitative estimate of drug-likeness (QED) is 0.606. The van der Waals surface area contributed by atoms with E-state index in [0.29, 0.717) is 0 Å². The first-order chi connectivity index (χ1) is 5.58. The van der Waals surface area contributed by atoms with Crippen LogP contribution in [-0.4, -0.2) is 14.9 Å². The first kappa shape index (κ1) is 10.3. The third kappa shape index (κ3) is 4.26. The Morgan fingerprint density at radius 1 is 1.17 bits per heavy atom. The largest absolute Gasteiger partial charge is 0.418 e. The van der Waals surface area contributed by atoms with Crippen LogP contribution in [0.25, 0.3) is 0 Å². The van der Waals surface area contributed by atoms with Gasteiger partial charge in [-0.1, -0.05) is 0 Å². The smallest absolute Gasteiger partial charge is 0.183 e. The van der Waals surface area contributed by atoms with E-state index in [-0.39, 0.29) is 0 Å². The van der Waals surface area contributed by atoms with Crippen LogP contribution < -0.4 is 0 Å². The van der Waals surface area contributed by atoms with Gasteiger partial charge >= 0.3 is 0 Å². The number of hydrogen-bond acceptors (Lipinski definition) is 1. The van der Waals surface area contributed by atoms with Crippen LogP contribution in [0.4, 0.5) is 0 Å². The van der Waals surface area contributed by atoms with E-state index in [0.717, 1.165) is 13.0 Å². The molecule has 1 rings (SSSR count). The highest BCUT2D eigenvalue weighted by molar-refractivity contribution is 6.69. The Kier molecular flexibility index (Phi) is 3.78. The lowest BCUT2D eigenvalue weighted by Gasteiger charge is -2.18. The predicted molar refractivity (Wildman–Crippen MR) is 54.4 cm³/mol. The van der Waals surface area contributed by atoms with Crippen molar-refractivity contribution in [2.75, 3.05) is 6.61 Å². The van der Waals surface area contributed by atoms with Crippen molar-refractivity contribution in [3.05, 3.63) is 31.6 Å². The zero-order chi connectivity index (χ0) is 9.03. The second-order valence-electron chi connectivity index (χ2n) is 4.00. The molecule has 67 valence electrons. The normalized spacial score (nSPS) is 20.2. The Bertz CT molecular complexity index is 122. The molecule has 0 spiro atoms. The zero-order valence-corrected chi connectivity index (χ0v) is 9.13. The Balaban J connectivity index is 2.02. The fourth-order valence-electron chi connectivity index (χ4n) is 1.06. The van der Waals surface area contributed by atoms with Gasteiger partial charge in [-0.25, -0.2) is 0 Å². The summed E-state index contributed by atoms with van der Waals surface area (Å²) in [4.78, 5) is 0. The van der Waals surface area contributed by atoms with Crippen LogP contribution in [0.5, 0.6) is 0 Å². The molecule has 0 aromatic heterocycles. The topological polar surface area (TPSA) is 9.23 Å². The third-order valence-corrected chi connectivity index (χ3v) is 2.73. The lowest BCUT2D eigenvalue weighted by Crippen LogP contribution is -2.26. The lowest BCUT2D eigenvalue weighted by molar-refractivity contribution is 0.311. The van der Waals surface area contributed by atoms with Crippen molar-refractivity contribution in [2.24, 2.45) is 0 Å². The van der Waals surface area contributed by atoms with Crippen molar-refractivity contribution < 1.29 is 4.43 Å². The molecular formula is C10H17OSi. The maximum atomic E-state index is 5.74. The van der Waals surface area contributed by atoms with E-state index in [1.807, 2.05) is 0 Å². The molecule has 1 nitrogen and oxygen atoms in total. The standard InChI is InChI=1S/C10H17OSi/c1-12(2,3)11-9-8-10-6-4-5-7-10/h4-7H,8-9H2,1-3H3. The van der Waals surface area contributed by atoms with Crippen LogP contribution in [0, 0.1) is 31.6 Å². The van der Waals surface area contributed by atoms with Gasteiger partial charge < -0.3 is 4.43 Å². The van der Waals surface area contributed by atoms with Crippen molar-refractivity contribution in [3.8, 4) is 0 Å². The van der Waals surface area contributed by atoms with E-state index >= 15 is 0 Å². The maximum absolute atomic E-state index is 5.74. The molecule has 1 aliphatic rings. The minimum atomic E-state index is -1.29. The summed E-state index contributed by atoms with van der Waals surface area (Å²) >= 11 is 0. The Hall–Kier alpha value is 0.177. The molecule has 0 aliphatic heterocycles. The van der Waals surface area contributed by atoms with Gasteiger partial charge in [0.25, 0.3) is 0 Å². The molecule has 0 aromatic rings. The minimum Gasteiger partial charge on any atom is -0.418 e. The predicted octanol–water partition coefficient (Wildman–Crippen LogP) is 2.63. The second-order valence-corrected chi connectivity index (χ2v) is 8.52. The monoisotopic (exact) mass is 181 g/mol. The molecular weight excluding hydrogens is 164 g/mol. The molecule has 0 N–H and O–H groups in total. The zero-order valence-electron chi connectivity index (χ0n) is 8.13. The van der Waals surface area contributed by atoms with Gasteiger partial charge in [-0.15, -0.1) is 0 Å². The van der Waals surface area contributed by atoms with E-state index in [4.69, 9.17) is 4.43 Å². The molecule has 0 aromatic carbocycles. The Morgan fingerprint density at radius 2 is 1.75 bits per heavy atom. The van der Waals surface area contributed by atoms with Crippen molar-refractivity contribution in [3.63, 3.8) is 0 Å². The van der Waals surface area contributed by atoms with Gasteiger partial charge in [0.05, 0.1) is 0 Å². The van der Waals surface area contributed by atoms with Crippen LogP contribution in [0.1, 0.15) is 6.42 Å². The molecule has 1 saturated carbocycles. The molecule has 0 atom stereocenters. The molecule has 1 fully saturated rings. The van der Waals surface area contributed by atoms with Crippen LogP contribution >= 0.6 is 0 Å². The average Bonchev–Trinajstić information content (AvgIpc) is 2.36. The van der Waals surface area contributed by atoms with E-state index in [9.17, 15) is 0 Å². The highest BCUT2D eigenvalue weighted by atomic mass is 28.4. The van der Waals surface area contributed by atoms with E-state index < -0.39 is 8.32 Å². The summed E-state index contributed by atoms with van der Waals surface area (Å²) in [6, 6.07) is 0. The molecule has 2 heteroatoms. The van der Waals surface area contributed by atoms with Gasteiger partial charge in [0.1, 0.15) is 0 Å². The molecule has 0 bridgehead atoms. The highest BCUT2D eigenvalue weighted by Gasteiger charge is 2.18. The summed E-state index contributed by atoms with van der Waals surface area (Å²) in [5.74, 6) is 1.38. The van der Waals surface area contributed by atoms with E-state index in [1.54, 1.807) is 0 Å².